The van der Waals surface area contributed by atoms with E-state index in [2.05, 4.69) is 9.97 Å². The summed E-state index contributed by atoms with van der Waals surface area (Å²) in [6, 6.07) is 2.05. The zero-order valence-electron chi connectivity index (χ0n) is 8.68. The third-order valence-corrected chi connectivity index (χ3v) is 1.60. The molecule has 5 nitrogen and oxygen atoms in total. The molecule has 1 heterocycles. The van der Waals surface area contributed by atoms with Crippen molar-refractivity contribution >= 4 is 5.97 Å². The first-order valence-electron chi connectivity index (χ1n) is 4.88. The minimum absolute atomic E-state index is 0.199. The summed E-state index contributed by atoms with van der Waals surface area (Å²) in [4.78, 5) is 18.7. The van der Waals surface area contributed by atoms with E-state index < -0.39 is 0 Å². The van der Waals surface area contributed by atoms with Crippen molar-refractivity contribution in [3.05, 3.63) is 18.5 Å². The predicted molar refractivity (Wildman–Crippen MR) is 53.4 cm³/mol. The molecule has 15 heavy (non-hydrogen) atoms. The summed E-state index contributed by atoms with van der Waals surface area (Å²) < 4.78 is 9.97. The van der Waals surface area contributed by atoms with Crippen molar-refractivity contribution in [2.24, 2.45) is 0 Å². The van der Waals surface area contributed by atoms with Crippen molar-refractivity contribution < 1.29 is 14.3 Å². The van der Waals surface area contributed by atoms with Crippen LogP contribution in [-0.2, 0) is 9.53 Å². The Bertz CT molecular complexity index is 290. The summed E-state index contributed by atoms with van der Waals surface area (Å²) in [6.07, 6.45) is 4.18. The van der Waals surface area contributed by atoms with Crippen LogP contribution in [0.2, 0.25) is 0 Å². The molecule has 0 atom stereocenters. The molecule has 0 aromatic carbocycles. The minimum Gasteiger partial charge on any atom is -0.466 e. The molecule has 5 heteroatoms. The maximum atomic E-state index is 10.9. The highest BCUT2D eigenvalue weighted by Crippen LogP contribution is 2.00. The van der Waals surface area contributed by atoms with Crippen molar-refractivity contribution in [3.8, 4) is 6.01 Å². The normalized spacial score (nSPS) is 9.67. The van der Waals surface area contributed by atoms with Gasteiger partial charge in [-0.2, -0.15) is 0 Å². The molecule has 82 valence electrons. The van der Waals surface area contributed by atoms with Crippen molar-refractivity contribution in [2.75, 3.05) is 13.2 Å². The van der Waals surface area contributed by atoms with Gasteiger partial charge in [-0.3, -0.25) is 4.79 Å². The Morgan fingerprint density at radius 1 is 1.40 bits per heavy atom. The van der Waals surface area contributed by atoms with E-state index in [1.165, 1.54) is 0 Å². The highest BCUT2D eigenvalue weighted by atomic mass is 16.5. The largest absolute Gasteiger partial charge is 0.466 e. The third kappa shape index (κ3) is 4.95. The number of rotatable bonds is 6. The number of ether oxygens (including phenoxy) is 2. The Balaban J connectivity index is 2.10. The Kier molecular flexibility index (Phi) is 5.14. The van der Waals surface area contributed by atoms with E-state index in [0.29, 0.717) is 32.1 Å². The van der Waals surface area contributed by atoms with Gasteiger partial charge in [0.15, 0.2) is 0 Å². The lowest BCUT2D eigenvalue weighted by molar-refractivity contribution is -0.143. The second kappa shape index (κ2) is 6.75. The molecule has 1 aromatic rings. The number of hydrogen-bond acceptors (Lipinski definition) is 5. The molecular formula is C10H14N2O3. The van der Waals surface area contributed by atoms with Crippen LogP contribution in [0.15, 0.2) is 18.5 Å². The number of nitrogens with zero attached hydrogens (tertiary/aromatic N) is 2. The van der Waals surface area contributed by atoms with Crippen LogP contribution in [0.4, 0.5) is 0 Å². The number of aromatic nitrogens is 2. The van der Waals surface area contributed by atoms with Crippen LogP contribution in [0.3, 0.4) is 0 Å². The summed E-state index contributed by atoms with van der Waals surface area (Å²) in [5.41, 5.74) is 0. The average Bonchev–Trinajstić information content (AvgIpc) is 2.26. The summed E-state index contributed by atoms with van der Waals surface area (Å²) in [5.74, 6) is -0.199. The molecule has 0 bridgehead atoms. The van der Waals surface area contributed by atoms with E-state index in [0.717, 1.165) is 0 Å². The van der Waals surface area contributed by atoms with Crippen LogP contribution in [-0.4, -0.2) is 29.2 Å². The monoisotopic (exact) mass is 210 g/mol. The van der Waals surface area contributed by atoms with Gasteiger partial charge in [0.2, 0.25) is 0 Å². The number of esters is 1. The van der Waals surface area contributed by atoms with E-state index in [4.69, 9.17) is 9.47 Å². The average molecular weight is 210 g/mol. The van der Waals surface area contributed by atoms with Gasteiger partial charge in [0.05, 0.1) is 13.2 Å². The van der Waals surface area contributed by atoms with Gasteiger partial charge in [0, 0.05) is 18.8 Å². The summed E-state index contributed by atoms with van der Waals surface area (Å²) in [7, 11) is 0. The van der Waals surface area contributed by atoms with Crippen LogP contribution in [0, 0.1) is 0 Å². The predicted octanol–water partition coefficient (Wildman–Crippen LogP) is 1.20. The fourth-order valence-electron chi connectivity index (χ4n) is 0.973. The van der Waals surface area contributed by atoms with Gasteiger partial charge in [-0.1, -0.05) is 0 Å². The van der Waals surface area contributed by atoms with Crippen LogP contribution in [0.1, 0.15) is 19.8 Å². The smallest absolute Gasteiger partial charge is 0.316 e. The van der Waals surface area contributed by atoms with Crippen molar-refractivity contribution in [1.82, 2.24) is 9.97 Å². The molecule has 0 aliphatic carbocycles. The molecule has 0 aliphatic heterocycles. The third-order valence-electron chi connectivity index (χ3n) is 1.60. The first kappa shape index (κ1) is 11.4. The fourth-order valence-corrected chi connectivity index (χ4v) is 0.973. The standard InChI is InChI=1S/C10H14N2O3/c1-2-14-9(13)5-3-8-15-10-11-6-4-7-12-10/h4,6-7H,2-3,5,8H2,1H3. The highest BCUT2D eigenvalue weighted by Gasteiger charge is 2.01. The number of carbonyl (C=O) groups is 1. The number of hydrogen-bond donors (Lipinski definition) is 0. The lowest BCUT2D eigenvalue weighted by Crippen LogP contribution is -2.07. The zero-order chi connectivity index (χ0) is 10.9. The molecule has 1 rings (SSSR count). The van der Waals surface area contributed by atoms with Gasteiger partial charge in [-0.05, 0) is 19.4 Å². The van der Waals surface area contributed by atoms with E-state index >= 15 is 0 Å². The molecule has 0 unspecified atom stereocenters. The summed E-state index contributed by atoms with van der Waals surface area (Å²) >= 11 is 0. The molecular weight excluding hydrogens is 196 g/mol. The lowest BCUT2D eigenvalue weighted by atomic mass is 10.3. The first-order chi connectivity index (χ1) is 7.33. The van der Waals surface area contributed by atoms with Crippen molar-refractivity contribution in [1.29, 1.82) is 0 Å². The van der Waals surface area contributed by atoms with Gasteiger partial charge in [-0.25, -0.2) is 9.97 Å². The summed E-state index contributed by atoms with van der Waals surface area (Å²) in [5, 5.41) is 0. The molecule has 1 aromatic heterocycles. The molecule has 0 aliphatic rings. The second-order valence-corrected chi connectivity index (χ2v) is 2.79. The molecule has 0 saturated carbocycles. The molecule has 0 fully saturated rings. The highest BCUT2D eigenvalue weighted by molar-refractivity contribution is 5.69. The molecule has 0 radical (unpaired) electrons. The SMILES string of the molecule is CCOC(=O)CCCOc1ncccn1. The van der Waals surface area contributed by atoms with Crippen molar-refractivity contribution in [2.45, 2.75) is 19.8 Å². The Morgan fingerprint density at radius 3 is 2.80 bits per heavy atom. The van der Waals surface area contributed by atoms with Crippen LogP contribution < -0.4 is 4.74 Å². The molecule has 0 saturated heterocycles. The van der Waals surface area contributed by atoms with Gasteiger partial charge >= 0.3 is 12.0 Å². The quantitative estimate of drug-likeness (QED) is 0.521. The Morgan fingerprint density at radius 2 is 2.13 bits per heavy atom. The number of carbonyl (C=O) groups excluding carboxylic acids is 1. The van der Waals surface area contributed by atoms with Gasteiger partial charge in [-0.15, -0.1) is 0 Å². The first-order valence-corrected chi connectivity index (χ1v) is 4.88. The molecule has 0 amide bonds. The zero-order valence-corrected chi connectivity index (χ0v) is 8.68. The lowest BCUT2D eigenvalue weighted by Gasteiger charge is -2.03. The maximum Gasteiger partial charge on any atom is 0.316 e. The molecule has 0 spiro atoms. The van der Waals surface area contributed by atoms with Gasteiger partial charge in [0.1, 0.15) is 0 Å². The Labute approximate surface area is 88.4 Å². The fraction of sp³-hybridized carbons (Fsp3) is 0.500. The van der Waals surface area contributed by atoms with E-state index in [1.807, 2.05) is 0 Å². The second-order valence-electron chi connectivity index (χ2n) is 2.79. The van der Waals surface area contributed by atoms with E-state index in [9.17, 15) is 4.79 Å². The summed E-state index contributed by atoms with van der Waals surface area (Å²) in [6.45, 7) is 2.62. The van der Waals surface area contributed by atoms with E-state index in [-0.39, 0.29) is 5.97 Å². The van der Waals surface area contributed by atoms with Crippen molar-refractivity contribution in [3.63, 3.8) is 0 Å². The Hall–Kier alpha value is -1.65. The topological polar surface area (TPSA) is 61.3 Å². The van der Waals surface area contributed by atoms with Gasteiger partial charge < -0.3 is 9.47 Å². The van der Waals surface area contributed by atoms with Crippen LogP contribution in [0.25, 0.3) is 0 Å². The molecule has 0 N–H and O–H groups in total. The minimum atomic E-state index is -0.199. The van der Waals surface area contributed by atoms with Crippen LogP contribution >= 0.6 is 0 Å². The van der Waals surface area contributed by atoms with Gasteiger partial charge in [0.25, 0.3) is 0 Å². The maximum absolute atomic E-state index is 10.9. The van der Waals surface area contributed by atoms with Crippen LogP contribution in [0.5, 0.6) is 6.01 Å². The van der Waals surface area contributed by atoms with E-state index in [1.54, 1.807) is 25.4 Å².